The van der Waals surface area contributed by atoms with Gasteiger partial charge in [0.05, 0.1) is 29.8 Å². The Balaban J connectivity index is 1.38. The van der Waals surface area contributed by atoms with Crippen LogP contribution in [0.15, 0.2) is 97.2 Å². The van der Waals surface area contributed by atoms with Crippen LogP contribution in [-0.4, -0.2) is 98.4 Å². The van der Waals surface area contributed by atoms with E-state index < -0.39 is 35.6 Å². The van der Waals surface area contributed by atoms with E-state index in [0.717, 1.165) is 33.8 Å². The molecular formula is C46H60N8O6. The lowest BCUT2D eigenvalue weighted by Crippen LogP contribution is -2.56. The summed E-state index contributed by atoms with van der Waals surface area (Å²) in [5, 5.41) is 31.5. The smallest absolute Gasteiger partial charge is 0.404 e. The lowest BCUT2D eigenvalue weighted by Gasteiger charge is -2.36. The predicted molar refractivity (Wildman–Crippen MR) is 230 cm³/mol. The molecule has 1 aliphatic rings. The van der Waals surface area contributed by atoms with E-state index in [1.165, 1.54) is 0 Å². The third kappa shape index (κ3) is 13.3. The molecule has 5 amide bonds. The molecule has 2 aromatic heterocycles. The number of hydrogen-bond acceptors (Lipinski definition) is 8. The number of aliphatic hydroxyl groups excluding tert-OH is 1. The van der Waals surface area contributed by atoms with Gasteiger partial charge in [-0.3, -0.25) is 25.0 Å². The number of aliphatic hydroxyl groups is 1. The number of nitrogens with zero attached hydrogens (tertiary/aromatic N) is 4. The SMILES string of the molecule is CCC(C)C(C(=O)NC(Cc1ccccc1)C(O)CN(Cc1ccc(-c2ccccn2)cc1)NC(=O)CC(C)(C)CNC(=O)O)C1CNC(=O)N1CCc1cccc(C)n1. The normalized spacial score (nSPS) is 16.1. The number of nitrogens with one attached hydrogen (secondary N) is 4. The molecule has 4 aromatic rings. The van der Waals surface area contributed by atoms with Crippen molar-refractivity contribution >= 4 is 23.9 Å². The molecule has 1 saturated heterocycles. The van der Waals surface area contributed by atoms with Crippen molar-refractivity contribution in [3.05, 3.63) is 120 Å². The third-order valence-electron chi connectivity index (χ3n) is 11.1. The van der Waals surface area contributed by atoms with Gasteiger partial charge in [-0.1, -0.05) is 101 Å². The van der Waals surface area contributed by atoms with Crippen molar-refractivity contribution < 1.29 is 29.4 Å². The maximum Gasteiger partial charge on any atom is 0.404 e. The molecule has 0 radical (unpaired) electrons. The van der Waals surface area contributed by atoms with E-state index in [1.807, 2.05) is 112 Å². The Kier molecular flexibility index (Phi) is 16.1. The standard InChI is InChI=1S/C46H60N8O6/c1-6-31(2)42(39-27-48-44(58)54(39)24-22-36-16-12-13-32(3)50-36)43(57)51-38(25-33-14-8-7-9-15-33)40(55)29-53(52-41(56)26-46(4,5)30-49-45(59)60)28-34-18-20-35(21-19-34)37-17-10-11-23-47-37/h7-21,23,31,38-40,42,49,55H,6,22,24-30H2,1-5H3,(H,48,58)(H,51,57)(H,52,56)(H,59,60). The summed E-state index contributed by atoms with van der Waals surface area (Å²) in [5.74, 6) is -1.30. The predicted octanol–water partition coefficient (Wildman–Crippen LogP) is 5.36. The average Bonchev–Trinajstić information content (AvgIpc) is 3.58. The fourth-order valence-electron chi connectivity index (χ4n) is 7.68. The average molecular weight is 821 g/mol. The van der Waals surface area contributed by atoms with Gasteiger partial charge in [-0.05, 0) is 60.1 Å². The van der Waals surface area contributed by atoms with Gasteiger partial charge in [-0.15, -0.1) is 0 Å². The minimum Gasteiger partial charge on any atom is -0.465 e. The molecule has 5 atom stereocenters. The van der Waals surface area contributed by atoms with Gasteiger partial charge in [0.2, 0.25) is 11.8 Å². The van der Waals surface area contributed by atoms with E-state index in [9.17, 15) is 24.3 Å². The Morgan fingerprint density at radius 3 is 2.38 bits per heavy atom. The van der Waals surface area contributed by atoms with Crippen LogP contribution in [0.2, 0.25) is 0 Å². The highest BCUT2D eigenvalue weighted by molar-refractivity contribution is 5.83. The van der Waals surface area contributed by atoms with Crippen LogP contribution in [0.1, 0.15) is 63.1 Å². The van der Waals surface area contributed by atoms with Gasteiger partial charge in [0.25, 0.3) is 0 Å². The number of hydrazine groups is 1. The van der Waals surface area contributed by atoms with Crippen LogP contribution in [0.3, 0.4) is 0 Å². The number of aryl methyl sites for hydroxylation is 1. The van der Waals surface area contributed by atoms with Crippen LogP contribution in [0.4, 0.5) is 9.59 Å². The molecule has 14 heteroatoms. The summed E-state index contributed by atoms with van der Waals surface area (Å²) < 4.78 is 0. The molecule has 0 aliphatic carbocycles. The zero-order valence-corrected chi connectivity index (χ0v) is 35.3. The molecule has 2 aromatic carbocycles. The van der Waals surface area contributed by atoms with E-state index in [0.29, 0.717) is 32.4 Å². The summed E-state index contributed by atoms with van der Waals surface area (Å²) in [6.07, 6.45) is 0.941. The van der Waals surface area contributed by atoms with E-state index >= 15 is 0 Å². The van der Waals surface area contributed by atoms with E-state index in [1.54, 1.807) is 30.0 Å². The quantitative estimate of drug-likeness (QED) is 0.0602. The zero-order chi connectivity index (χ0) is 43.2. The van der Waals surface area contributed by atoms with E-state index in [-0.39, 0.29) is 49.8 Å². The lowest BCUT2D eigenvalue weighted by atomic mass is 9.83. The topological polar surface area (TPSA) is 189 Å². The Bertz CT molecular complexity index is 2020. The minimum atomic E-state index is -1.17. The first-order valence-electron chi connectivity index (χ1n) is 20.7. The number of urea groups is 1. The highest BCUT2D eigenvalue weighted by Crippen LogP contribution is 2.27. The second-order valence-corrected chi connectivity index (χ2v) is 16.6. The molecule has 1 aliphatic heterocycles. The summed E-state index contributed by atoms with van der Waals surface area (Å²) in [6.45, 7) is 10.5. The number of carbonyl (C=O) groups excluding carboxylic acids is 3. The van der Waals surface area contributed by atoms with Gasteiger partial charge in [0.1, 0.15) is 0 Å². The molecule has 0 spiro atoms. The van der Waals surface area contributed by atoms with Crippen molar-refractivity contribution in [1.29, 1.82) is 0 Å². The molecule has 14 nitrogen and oxygen atoms in total. The second-order valence-electron chi connectivity index (χ2n) is 16.6. The monoisotopic (exact) mass is 820 g/mol. The third-order valence-corrected chi connectivity index (χ3v) is 11.1. The number of carbonyl (C=O) groups is 4. The maximum absolute atomic E-state index is 14.6. The first kappa shape index (κ1) is 45.2. The summed E-state index contributed by atoms with van der Waals surface area (Å²) in [7, 11) is 0. The summed E-state index contributed by atoms with van der Waals surface area (Å²) in [6, 6.07) is 27.5. The molecule has 0 saturated carbocycles. The number of aromatic nitrogens is 2. The number of carboxylic acid groups (broad SMARTS) is 1. The van der Waals surface area contributed by atoms with E-state index in [4.69, 9.17) is 5.11 Å². The molecule has 0 bridgehead atoms. The first-order chi connectivity index (χ1) is 28.7. The number of pyridine rings is 2. The van der Waals surface area contributed by atoms with Crippen molar-refractivity contribution in [2.45, 2.75) is 85.0 Å². The van der Waals surface area contributed by atoms with Crippen molar-refractivity contribution in [2.75, 3.05) is 26.2 Å². The molecule has 60 heavy (non-hydrogen) atoms. The van der Waals surface area contributed by atoms with Gasteiger partial charge >= 0.3 is 12.1 Å². The van der Waals surface area contributed by atoms with Gasteiger partial charge in [-0.2, -0.15) is 0 Å². The molecular weight excluding hydrogens is 761 g/mol. The van der Waals surface area contributed by atoms with Gasteiger partial charge < -0.3 is 31.1 Å². The summed E-state index contributed by atoms with van der Waals surface area (Å²) in [4.78, 5) is 63.5. The fourth-order valence-corrected chi connectivity index (χ4v) is 7.68. The highest BCUT2D eigenvalue weighted by Gasteiger charge is 2.43. The fraction of sp³-hybridized carbons (Fsp3) is 0.435. The van der Waals surface area contributed by atoms with Crippen molar-refractivity contribution in [3.63, 3.8) is 0 Å². The number of hydrogen-bond donors (Lipinski definition) is 6. The molecule has 5 unspecified atom stereocenters. The Labute approximate surface area is 353 Å². The Morgan fingerprint density at radius 2 is 1.72 bits per heavy atom. The zero-order valence-electron chi connectivity index (χ0n) is 35.3. The van der Waals surface area contributed by atoms with E-state index in [2.05, 4.69) is 31.3 Å². The largest absolute Gasteiger partial charge is 0.465 e. The lowest BCUT2D eigenvalue weighted by molar-refractivity contribution is -0.132. The summed E-state index contributed by atoms with van der Waals surface area (Å²) in [5.41, 5.74) is 7.53. The van der Waals surface area contributed by atoms with Crippen LogP contribution in [0.5, 0.6) is 0 Å². The van der Waals surface area contributed by atoms with Crippen molar-refractivity contribution in [1.82, 2.24) is 41.3 Å². The van der Waals surface area contributed by atoms with Crippen molar-refractivity contribution in [2.24, 2.45) is 17.3 Å². The van der Waals surface area contributed by atoms with Crippen LogP contribution >= 0.6 is 0 Å². The number of amides is 5. The Hall–Kier alpha value is -5.86. The van der Waals surface area contributed by atoms with Crippen molar-refractivity contribution in [3.8, 4) is 11.3 Å². The summed E-state index contributed by atoms with van der Waals surface area (Å²) >= 11 is 0. The first-order valence-corrected chi connectivity index (χ1v) is 20.7. The van der Waals surface area contributed by atoms with Crippen LogP contribution in [0, 0.1) is 24.2 Å². The van der Waals surface area contributed by atoms with Gasteiger partial charge in [-0.25, -0.2) is 14.6 Å². The maximum atomic E-state index is 14.6. The molecule has 6 N–H and O–H groups in total. The van der Waals surface area contributed by atoms with Gasteiger partial charge in [0.15, 0.2) is 0 Å². The highest BCUT2D eigenvalue weighted by atomic mass is 16.4. The minimum absolute atomic E-state index is 0.00381. The number of benzene rings is 2. The van der Waals surface area contributed by atoms with Crippen LogP contribution in [0.25, 0.3) is 11.3 Å². The van der Waals surface area contributed by atoms with Crippen LogP contribution in [-0.2, 0) is 29.0 Å². The van der Waals surface area contributed by atoms with Gasteiger partial charge in [0, 0.05) is 68.7 Å². The molecule has 320 valence electrons. The second kappa shape index (κ2) is 21.4. The van der Waals surface area contributed by atoms with Crippen LogP contribution < -0.4 is 21.4 Å². The molecule has 1 fully saturated rings. The molecule has 5 rings (SSSR count). The number of rotatable bonds is 21. The Morgan fingerprint density at radius 1 is 0.983 bits per heavy atom. The molecule has 3 heterocycles.